The van der Waals surface area contributed by atoms with Gasteiger partial charge in [0.2, 0.25) is 5.91 Å². The smallest absolute Gasteiger partial charge is 0.328 e. The minimum Gasteiger partial charge on any atom is -0.478 e. The van der Waals surface area contributed by atoms with Crippen LogP contribution >= 0.6 is 11.3 Å². The molecule has 0 unspecified atom stereocenters. The van der Waals surface area contributed by atoms with Gasteiger partial charge in [0.25, 0.3) is 5.91 Å². The third-order valence-electron chi connectivity index (χ3n) is 3.98. The molecule has 4 N–H and O–H groups in total. The molecule has 0 fully saturated rings. The number of nitrogens with two attached hydrogens (primary N) is 1. The van der Waals surface area contributed by atoms with E-state index in [1.54, 1.807) is 0 Å². The fourth-order valence-corrected chi connectivity index (χ4v) is 3.74. The number of hydrogen-bond donors (Lipinski definition) is 3. The number of thiophene rings is 1. The van der Waals surface area contributed by atoms with Crippen molar-refractivity contribution in [3.05, 3.63) is 52.4 Å². The van der Waals surface area contributed by atoms with Crippen LogP contribution in [-0.4, -0.2) is 22.9 Å². The molecule has 7 heteroatoms. The van der Waals surface area contributed by atoms with E-state index in [1.807, 2.05) is 31.2 Å². The zero-order chi connectivity index (χ0) is 20.4. The van der Waals surface area contributed by atoms with E-state index in [0.717, 1.165) is 28.2 Å². The summed E-state index contributed by atoms with van der Waals surface area (Å²) < 4.78 is 0. The number of anilines is 1. The molecule has 1 aromatic heterocycles. The fourth-order valence-electron chi connectivity index (χ4n) is 2.65. The van der Waals surface area contributed by atoms with E-state index in [-0.39, 0.29) is 11.0 Å². The molecule has 0 saturated heterocycles. The first-order chi connectivity index (χ1) is 12.5. The number of rotatable bonds is 5. The van der Waals surface area contributed by atoms with Gasteiger partial charge in [0.05, 0.1) is 5.56 Å². The quantitative estimate of drug-likeness (QED) is 0.681. The first-order valence-electron chi connectivity index (χ1n) is 8.26. The molecule has 0 aliphatic carbocycles. The molecule has 2 aromatic rings. The molecule has 0 aliphatic heterocycles. The molecule has 142 valence electrons. The second-order valence-corrected chi connectivity index (χ2v) is 8.31. The molecule has 0 saturated carbocycles. The number of primary amides is 1. The molecule has 1 aromatic carbocycles. The number of hydrogen-bond acceptors (Lipinski definition) is 4. The van der Waals surface area contributed by atoms with Gasteiger partial charge in [0.1, 0.15) is 5.00 Å². The molecule has 0 radical (unpaired) electrons. The maximum absolute atomic E-state index is 12.1. The summed E-state index contributed by atoms with van der Waals surface area (Å²) >= 11 is 1.22. The van der Waals surface area contributed by atoms with Gasteiger partial charge in [0.15, 0.2) is 0 Å². The summed E-state index contributed by atoms with van der Waals surface area (Å²) in [6.07, 6.45) is 1.62. The van der Waals surface area contributed by atoms with E-state index in [4.69, 9.17) is 10.8 Å². The highest BCUT2D eigenvalue weighted by Crippen LogP contribution is 2.40. The zero-order valence-electron chi connectivity index (χ0n) is 15.6. The lowest BCUT2D eigenvalue weighted by molar-refractivity contribution is -0.131. The molecule has 0 aliphatic rings. The van der Waals surface area contributed by atoms with Crippen molar-refractivity contribution >= 4 is 34.1 Å². The van der Waals surface area contributed by atoms with Crippen LogP contribution in [0.2, 0.25) is 0 Å². The van der Waals surface area contributed by atoms with E-state index in [0.29, 0.717) is 10.6 Å². The van der Waals surface area contributed by atoms with Crippen LogP contribution < -0.4 is 11.1 Å². The number of amides is 2. The van der Waals surface area contributed by atoms with Gasteiger partial charge >= 0.3 is 5.97 Å². The number of aryl methyl sites for hydroxylation is 1. The summed E-state index contributed by atoms with van der Waals surface area (Å²) in [5.74, 6) is -2.54. The van der Waals surface area contributed by atoms with Crippen LogP contribution in [0.1, 0.15) is 41.6 Å². The summed E-state index contributed by atoms with van der Waals surface area (Å²) in [5.41, 5.74) is 8.45. The SMILES string of the molecule is Cc1sc(NC(=O)/C=C/C(=O)O)c(C(N)=O)c1-c1ccc(C(C)(C)C)cc1. The lowest BCUT2D eigenvalue weighted by Crippen LogP contribution is -2.16. The van der Waals surface area contributed by atoms with Gasteiger partial charge in [0, 0.05) is 22.6 Å². The number of benzene rings is 1. The van der Waals surface area contributed by atoms with Gasteiger partial charge in [-0.2, -0.15) is 0 Å². The molecule has 2 amide bonds. The minimum atomic E-state index is -1.23. The van der Waals surface area contributed by atoms with Crippen LogP contribution in [0, 0.1) is 6.92 Å². The summed E-state index contributed by atoms with van der Waals surface area (Å²) in [4.78, 5) is 35.3. The van der Waals surface area contributed by atoms with Crippen molar-refractivity contribution in [1.29, 1.82) is 0 Å². The predicted octanol–water partition coefficient (Wildman–Crippen LogP) is 3.70. The molecule has 27 heavy (non-hydrogen) atoms. The molecule has 2 rings (SSSR count). The highest BCUT2D eigenvalue weighted by Gasteiger charge is 2.23. The third kappa shape index (κ3) is 4.83. The summed E-state index contributed by atoms with van der Waals surface area (Å²) in [7, 11) is 0. The van der Waals surface area contributed by atoms with Gasteiger partial charge in [-0.05, 0) is 23.5 Å². The second-order valence-electron chi connectivity index (χ2n) is 7.09. The van der Waals surface area contributed by atoms with Crippen molar-refractivity contribution in [2.45, 2.75) is 33.1 Å². The summed E-state index contributed by atoms with van der Waals surface area (Å²) in [6, 6.07) is 7.87. The lowest BCUT2D eigenvalue weighted by atomic mass is 9.86. The first kappa shape index (κ1) is 20.4. The summed E-state index contributed by atoms with van der Waals surface area (Å²) in [5, 5.41) is 11.5. The number of carbonyl (C=O) groups excluding carboxylic acids is 2. The zero-order valence-corrected chi connectivity index (χ0v) is 16.4. The Hall–Kier alpha value is -2.93. The minimum absolute atomic E-state index is 0.00431. The van der Waals surface area contributed by atoms with Crippen LogP contribution in [-0.2, 0) is 15.0 Å². The van der Waals surface area contributed by atoms with Crippen molar-refractivity contribution < 1.29 is 19.5 Å². The Balaban J connectivity index is 2.46. The average Bonchev–Trinajstić information content (AvgIpc) is 2.88. The molecular formula is C20H22N2O4S. The Morgan fingerprint density at radius 1 is 1.11 bits per heavy atom. The van der Waals surface area contributed by atoms with Gasteiger partial charge in [-0.3, -0.25) is 9.59 Å². The largest absolute Gasteiger partial charge is 0.478 e. The topological polar surface area (TPSA) is 109 Å². The van der Waals surface area contributed by atoms with Crippen LogP contribution in [0.3, 0.4) is 0 Å². The van der Waals surface area contributed by atoms with Crippen molar-refractivity contribution in [3.63, 3.8) is 0 Å². The highest BCUT2D eigenvalue weighted by atomic mass is 32.1. The maximum Gasteiger partial charge on any atom is 0.328 e. The Morgan fingerprint density at radius 3 is 2.19 bits per heavy atom. The number of nitrogens with one attached hydrogen (secondary N) is 1. The Morgan fingerprint density at radius 2 is 1.70 bits per heavy atom. The number of carboxylic acid groups (broad SMARTS) is 1. The van der Waals surface area contributed by atoms with Crippen LogP contribution in [0.5, 0.6) is 0 Å². The van der Waals surface area contributed by atoms with Crippen molar-refractivity contribution in [2.75, 3.05) is 5.32 Å². The molecule has 0 atom stereocenters. The van der Waals surface area contributed by atoms with Crippen LogP contribution in [0.15, 0.2) is 36.4 Å². The highest BCUT2D eigenvalue weighted by molar-refractivity contribution is 7.17. The molecule has 0 spiro atoms. The Bertz CT molecular complexity index is 919. The summed E-state index contributed by atoms with van der Waals surface area (Å²) in [6.45, 7) is 8.19. The number of carbonyl (C=O) groups is 3. The molecule has 6 nitrogen and oxygen atoms in total. The van der Waals surface area contributed by atoms with E-state index in [9.17, 15) is 14.4 Å². The third-order valence-corrected chi connectivity index (χ3v) is 5.00. The molecular weight excluding hydrogens is 364 g/mol. The number of aliphatic carboxylic acids is 1. The lowest BCUT2D eigenvalue weighted by Gasteiger charge is -2.19. The molecule has 1 heterocycles. The Kier molecular flexibility index (Phi) is 5.85. The van der Waals surface area contributed by atoms with Gasteiger partial charge in [-0.1, -0.05) is 45.0 Å². The van der Waals surface area contributed by atoms with Gasteiger partial charge in [-0.15, -0.1) is 11.3 Å². The monoisotopic (exact) mass is 386 g/mol. The fraction of sp³-hybridized carbons (Fsp3) is 0.250. The number of carboxylic acids is 1. The van der Waals surface area contributed by atoms with E-state index in [1.165, 1.54) is 11.3 Å². The van der Waals surface area contributed by atoms with Crippen molar-refractivity contribution in [1.82, 2.24) is 0 Å². The van der Waals surface area contributed by atoms with Crippen molar-refractivity contribution in [2.24, 2.45) is 5.73 Å². The average molecular weight is 386 g/mol. The van der Waals surface area contributed by atoms with Crippen LogP contribution in [0.4, 0.5) is 5.00 Å². The maximum atomic E-state index is 12.1. The van der Waals surface area contributed by atoms with Crippen molar-refractivity contribution in [3.8, 4) is 11.1 Å². The second kappa shape index (κ2) is 7.75. The predicted molar refractivity (Wildman–Crippen MR) is 107 cm³/mol. The Labute approximate surface area is 161 Å². The van der Waals surface area contributed by atoms with Gasteiger partial charge in [-0.25, -0.2) is 4.79 Å². The van der Waals surface area contributed by atoms with Crippen LogP contribution in [0.25, 0.3) is 11.1 Å². The standard InChI is InChI=1S/C20H22N2O4S/c1-11-16(12-5-7-13(8-6-12)20(2,3)4)17(18(21)26)19(27-11)22-14(23)9-10-15(24)25/h5-10H,1-4H3,(H2,21,26)(H,22,23)(H,24,25)/b10-9+. The van der Waals surface area contributed by atoms with E-state index >= 15 is 0 Å². The first-order valence-corrected chi connectivity index (χ1v) is 9.08. The van der Waals surface area contributed by atoms with E-state index < -0.39 is 17.8 Å². The van der Waals surface area contributed by atoms with Gasteiger partial charge < -0.3 is 16.2 Å². The van der Waals surface area contributed by atoms with E-state index in [2.05, 4.69) is 26.1 Å². The molecule has 0 bridgehead atoms. The normalized spacial score (nSPS) is 11.6.